The molecule has 0 bridgehead atoms. The number of nitrogens with one attached hydrogen (secondary N) is 1. The maximum atomic E-state index is 11.8. The summed E-state index contributed by atoms with van der Waals surface area (Å²) in [6, 6.07) is 3.37. The number of furan rings is 1. The summed E-state index contributed by atoms with van der Waals surface area (Å²) in [5.74, 6) is 0.160. The highest BCUT2D eigenvalue weighted by Crippen LogP contribution is 2.29. The van der Waals surface area contributed by atoms with E-state index in [1.165, 1.54) is 11.8 Å². The van der Waals surface area contributed by atoms with Crippen molar-refractivity contribution in [1.29, 1.82) is 0 Å². The zero-order valence-corrected chi connectivity index (χ0v) is 11.2. The van der Waals surface area contributed by atoms with Gasteiger partial charge in [0.15, 0.2) is 5.76 Å². The van der Waals surface area contributed by atoms with Crippen LogP contribution in [-0.4, -0.2) is 24.0 Å². The van der Waals surface area contributed by atoms with Crippen molar-refractivity contribution in [2.24, 2.45) is 5.41 Å². The SMILES string of the molecule is CC(C)(C)C1=CCN(NC(=O)c2ccco2)CC1. The third kappa shape index (κ3) is 3.01. The van der Waals surface area contributed by atoms with Crippen LogP contribution in [0.3, 0.4) is 0 Å². The molecular weight excluding hydrogens is 228 g/mol. The molecule has 0 fully saturated rings. The molecule has 1 amide bonds. The van der Waals surface area contributed by atoms with Crippen LogP contribution >= 0.6 is 0 Å². The van der Waals surface area contributed by atoms with Crippen molar-refractivity contribution in [3.63, 3.8) is 0 Å². The van der Waals surface area contributed by atoms with E-state index in [0.29, 0.717) is 5.76 Å². The highest BCUT2D eigenvalue weighted by Gasteiger charge is 2.22. The van der Waals surface area contributed by atoms with Crippen LogP contribution in [0, 0.1) is 5.41 Å². The van der Waals surface area contributed by atoms with Crippen molar-refractivity contribution >= 4 is 5.91 Å². The van der Waals surface area contributed by atoms with Crippen molar-refractivity contribution in [2.45, 2.75) is 27.2 Å². The zero-order chi connectivity index (χ0) is 13.2. The summed E-state index contributed by atoms with van der Waals surface area (Å²) in [6.45, 7) is 8.25. The minimum atomic E-state index is -0.187. The fourth-order valence-corrected chi connectivity index (χ4v) is 2.06. The lowest BCUT2D eigenvalue weighted by atomic mass is 9.83. The van der Waals surface area contributed by atoms with Crippen LogP contribution in [0.1, 0.15) is 37.7 Å². The summed E-state index contributed by atoms with van der Waals surface area (Å²) in [5, 5.41) is 1.92. The van der Waals surface area contributed by atoms with E-state index in [4.69, 9.17) is 4.42 Å². The van der Waals surface area contributed by atoms with Gasteiger partial charge in [-0.1, -0.05) is 32.4 Å². The number of hydrazine groups is 1. The van der Waals surface area contributed by atoms with Gasteiger partial charge in [0.05, 0.1) is 6.26 Å². The van der Waals surface area contributed by atoms with Gasteiger partial charge in [-0.15, -0.1) is 0 Å². The van der Waals surface area contributed by atoms with E-state index < -0.39 is 0 Å². The first-order valence-corrected chi connectivity index (χ1v) is 6.26. The number of rotatable bonds is 2. The zero-order valence-electron chi connectivity index (χ0n) is 11.2. The lowest BCUT2D eigenvalue weighted by molar-refractivity contribution is 0.0769. The Morgan fingerprint density at radius 2 is 2.22 bits per heavy atom. The molecule has 1 aliphatic rings. The number of carbonyl (C=O) groups is 1. The molecule has 0 saturated heterocycles. The highest BCUT2D eigenvalue weighted by molar-refractivity contribution is 5.90. The van der Waals surface area contributed by atoms with Crippen molar-refractivity contribution in [3.05, 3.63) is 35.8 Å². The van der Waals surface area contributed by atoms with E-state index in [2.05, 4.69) is 32.3 Å². The lowest BCUT2D eigenvalue weighted by Gasteiger charge is -2.31. The summed E-state index contributed by atoms with van der Waals surface area (Å²) >= 11 is 0. The number of hydrogen-bond acceptors (Lipinski definition) is 3. The molecule has 98 valence electrons. The van der Waals surface area contributed by atoms with Crippen molar-refractivity contribution in [3.8, 4) is 0 Å². The quantitative estimate of drug-likeness (QED) is 0.818. The Balaban J connectivity index is 1.91. The molecule has 1 aromatic heterocycles. The maximum Gasteiger partial charge on any atom is 0.301 e. The average Bonchev–Trinajstić information content (AvgIpc) is 2.82. The van der Waals surface area contributed by atoms with Gasteiger partial charge >= 0.3 is 5.91 Å². The first-order chi connectivity index (χ1) is 8.47. The van der Waals surface area contributed by atoms with Gasteiger partial charge in [0.2, 0.25) is 0 Å². The monoisotopic (exact) mass is 248 g/mol. The Bertz CT molecular complexity index is 441. The Labute approximate surface area is 108 Å². The first-order valence-electron chi connectivity index (χ1n) is 6.26. The molecule has 0 aliphatic carbocycles. The molecule has 0 saturated carbocycles. The molecule has 4 nitrogen and oxygen atoms in total. The summed E-state index contributed by atoms with van der Waals surface area (Å²) in [7, 11) is 0. The molecule has 0 spiro atoms. The molecule has 2 rings (SSSR count). The van der Waals surface area contributed by atoms with Gasteiger partial charge in [-0.05, 0) is 24.0 Å². The van der Waals surface area contributed by atoms with Gasteiger partial charge < -0.3 is 4.42 Å². The molecule has 0 unspecified atom stereocenters. The fraction of sp³-hybridized carbons (Fsp3) is 0.500. The van der Waals surface area contributed by atoms with E-state index in [1.807, 2.05) is 5.01 Å². The minimum absolute atomic E-state index is 0.187. The average molecular weight is 248 g/mol. The van der Waals surface area contributed by atoms with Crippen LogP contribution in [0.4, 0.5) is 0 Å². The first kappa shape index (κ1) is 12.9. The van der Waals surface area contributed by atoms with Crippen LogP contribution in [-0.2, 0) is 0 Å². The van der Waals surface area contributed by atoms with Gasteiger partial charge in [0, 0.05) is 13.1 Å². The van der Waals surface area contributed by atoms with Crippen molar-refractivity contribution in [1.82, 2.24) is 10.4 Å². The summed E-state index contributed by atoms with van der Waals surface area (Å²) in [4.78, 5) is 11.8. The second-order valence-corrected chi connectivity index (χ2v) is 5.59. The summed E-state index contributed by atoms with van der Waals surface area (Å²) < 4.78 is 5.06. The van der Waals surface area contributed by atoms with Crippen LogP contribution in [0.25, 0.3) is 0 Å². The third-order valence-electron chi connectivity index (χ3n) is 3.18. The van der Waals surface area contributed by atoms with E-state index in [9.17, 15) is 4.79 Å². The molecule has 1 aliphatic heterocycles. The lowest BCUT2D eigenvalue weighted by Crippen LogP contribution is -2.45. The molecule has 18 heavy (non-hydrogen) atoms. The summed E-state index contributed by atoms with van der Waals surface area (Å²) in [5.41, 5.74) is 4.52. The van der Waals surface area contributed by atoms with Crippen molar-refractivity contribution in [2.75, 3.05) is 13.1 Å². The van der Waals surface area contributed by atoms with Crippen LogP contribution in [0.5, 0.6) is 0 Å². The molecule has 0 radical (unpaired) electrons. The van der Waals surface area contributed by atoms with Crippen molar-refractivity contribution < 1.29 is 9.21 Å². The molecule has 0 atom stereocenters. The smallest absolute Gasteiger partial charge is 0.301 e. The van der Waals surface area contributed by atoms with Crippen LogP contribution < -0.4 is 5.43 Å². The second kappa shape index (κ2) is 4.98. The standard InChI is InChI=1S/C14H20N2O2/c1-14(2,3)11-6-8-16(9-7-11)15-13(17)12-5-4-10-18-12/h4-6,10H,7-9H2,1-3H3,(H,15,17). The van der Waals surface area contributed by atoms with E-state index in [0.717, 1.165) is 19.5 Å². The molecule has 2 heterocycles. The Hall–Kier alpha value is -1.55. The van der Waals surface area contributed by atoms with E-state index >= 15 is 0 Å². The molecule has 4 heteroatoms. The predicted octanol–water partition coefficient (Wildman–Crippen LogP) is 2.60. The fourth-order valence-electron chi connectivity index (χ4n) is 2.06. The van der Waals surface area contributed by atoms with Crippen LogP contribution in [0.15, 0.2) is 34.5 Å². The largest absolute Gasteiger partial charge is 0.459 e. The Kier molecular flexibility index (Phi) is 3.57. The highest BCUT2D eigenvalue weighted by atomic mass is 16.3. The molecule has 0 aromatic carbocycles. The maximum absolute atomic E-state index is 11.8. The molecular formula is C14H20N2O2. The Morgan fingerprint density at radius 3 is 2.72 bits per heavy atom. The van der Waals surface area contributed by atoms with E-state index in [1.54, 1.807) is 12.1 Å². The number of carbonyl (C=O) groups excluding carboxylic acids is 1. The minimum Gasteiger partial charge on any atom is -0.459 e. The van der Waals surface area contributed by atoms with E-state index in [-0.39, 0.29) is 11.3 Å². The topological polar surface area (TPSA) is 45.5 Å². The van der Waals surface area contributed by atoms with Gasteiger partial charge in [-0.2, -0.15) is 0 Å². The number of amides is 1. The molecule has 1 N–H and O–H groups in total. The van der Waals surface area contributed by atoms with Gasteiger partial charge in [0.1, 0.15) is 0 Å². The van der Waals surface area contributed by atoms with Gasteiger partial charge in [-0.25, -0.2) is 5.01 Å². The normalized spacial score (nSPS) is 17.4. The Morgan fingerprint density at radius 1 is 1.44 bits per heavy atom. The second-order valence-electron chi connectivity index (χ2n) is 5.59. The summed E-state index contributed by atoms with van der Waals surface area (Å²) in [6.07, 6.45) is 4.69. The predicted molar refractivity (Wildman–Crippen MR) is 69.9 cm³/mol. The molecule has 1 aromatic rings. The van der Waals surface area contributed by atoms with Crippen LogP contribution in [0.2, 0.25) is 0 Å². The van der Waals surface area contributed by atoms with Gasteiger partial charge in [0.25, 0.3) is 0 Å². The third-order valence-corrected chi connectivity index (χ3v) is 3.18. The van der Waals surface area contributed by atoms with Gasteiger partial charge in [-0.3, -0.25) is 10.2 Å². The number of hydrogen-bond donors (Lipinski definition) is 1. The number of nitrogens with zero attached hydrogens (tertiary/aromatic N) is 1.